The SMILES string of the molecule is COc1ccc(S(=O)(=O)c2ccccc2NCC(=O)Nc2ccc(Cl)cc2)cc1. The highest BCUT2D eigenvalue weighted by atomic mass is 35.5. The maximum Gasteiger partial charge on any atom is 0.243 e. The molecule has 150 valence electrons. The Bertz CT molecular complexity index is 1100. The van der Waals surface area contributed by atoms with Crippen molar-refractivity contribution >= 4 is 38.7 Å². The van der Waals surface area contributed by atoms with Crippen LogP contribution in [0.4, 0.5) is 11.4 Å². The van der Waals surface area contributed by atoms with Crippen molar-refractivity contribution < 1.29 is 17.9 Å². The molecule has 0 aliphatic carbocycles. The van der Waals surface area contributed by atoms with E-state index in [-0.39, 0.29) is 22.2 Å². The summed E-state index contributed by atoms with van der Waals surface area (Å²) < 4.78 is 31.1. The number of nitrogens with one attached hydrogen (secondary N) is 2. The Balaban J connectivity index is 1.75. The average Bonchev–Trinajstić information content (AvgIpc) is 2.74. The second-order valence-corrected chi connectivity index (χ2v) is 8.44. The lowest BCUT2D eigenvalue weighted by molar-refractivity contribution is -0.114. The number of methoxy groups -OCH3 is 1. The summed E-state index contributed by atoms with van der Waals surface area (Å²) in [6.07, 6.45) is 0. The first-order chi connectivity index (χ1) is 13.9. The number of carbonyl (C=O) groups excluding carboxylic acids is 1. The van der Waals surface area contributed by atoms with Crippen LogP contribution in [0.2, 0.25) is 5.02 Å². The molecule has 1 amide bonds. The molecule has 0 fully saturated rings. The van der Waals surface area contributed by atoms with Crippen LogP contribution in [-0.4, -0.2) is 28.0 Å². The van der Waals surface area contributed by atoms with Gasteiger partial charge in [0.15, 0.2) is 0 Å². The van der Waals surface area contributed by atoms with Crippen LogP contribution in [0.25, 0.3) is 0 Å². The first kappa shape index (κ1) is 20.7. The molecule has 0 bridgehead atoms. The van der Waals surface area contributed by atoms with E-state index in [2.05, 4.69) is 10.6 Å². The van der Waals surface area contributed by atoms with E-state index in [0.717, 1.165) is 0 Å². The summed E-state index contributed by atoms with van der Waals surface area (Å²) in [6.45, 7) is -0.0994. The first-order valence-electron chi connectivity index (χ1n) is 8.67. The normalized spacial score (nSPS) is 11.0. The Kier molecular flexibility index (Phi) is 6.41. The monoisotopic (exact) mass is 430 g/mol. The maximum absolute atomic E-state index is 13.0. The third-order valence-electron chi connectivity index (χ3n) is 4.11. The van der Waals surface area contributed by atoms with Crippen LogP contribution in [0, 0.1) is 0 Å². The van der Waals surface area contributed by atoms with Gasteiger partial charge in [0.25, 0.3) is 0 Å². The van der Waals surface area contributed by atoms with Gasteiger partial charge in [0, 0.05) is 10.7 Å². The molecule has 0 aliphatic heterocycles. The van der Waals surface area contributed by atoms with Gasteiger partial charge < -0.3 is 15.4 Å². The van der Waals surface area contributed by atoms with Crippen LogP contribution < -0.4 is 15.4 Å². The van der Waals surface area contributed by atoms with Crippen molar-refractivity contribution in [2.75, 3.05) is 24.3 Å². The lowest BCUT2D eigenvalue weighted by Crippen LogP contribution is -2.22. The van der Waals surface area contributed by atoms with Crippen molar-refractivity contribution in [2.24, 2.45) is 0 Å². The number of rotatable bonds is 7. The maximum atomic E-state index is 13.0. The number of halogens is 1. The Labute approximate surface area is 174 Å². The van der Waals surface area contributed by atoms with E-state index in [1.807, 2.05) is 0 Å². The summed E-state index contributed by atoms with van der Waals surface area (Å²) in [5, 5.41) is 6.19. The summed E-state index contributed by atoms with van der Waals surface area (Å²) >= 11 is 5.83. The van der Waals surface area contributed by atoms with Crippen LogP contribution in [0.5, 0.6) is 5.75 Å². The number of para-hydroxylation sites is 1. The highest BCUT2D eigenvalue weighted by Crippen LogP contribution is 2.28. The van der Waals surface area contributed by atoms with E-state index < -0.39 is 9.84 Å². The third kappa shape index (κ3) is 5.07. The van der Waals surface area contributed by atoms with Crippen LogP contribution in [-0.2, 0) is 14.6 Å². The van der Waals surface area contributed by atoms with Crippen molar-refractivity contribution in [2.45, 2.75) is 9.79 Å². The minimum atomic E-state index is -3.77. The van der Waals surface area contributed by atoms with Crippen molar-refractivity contribution in [3.63, 3.8) is 0 Å². The van der Waals surface area contributed by atoms with Crippen molar-refractivity contribution in [1.82, 2.24) is 0 Å². The summed E-state index contributed by atoms with van der Waals surface area (Å²) in [4.78, 5) is 12.4. The van der Waals surface area contributed by atoms with Gasteiger partial charge in [-0.1, -0.05) is 23.7 Å². The Morgan fingerprint density at radius 1 is 0.966 bits per heavy atom. The Morgan fingerprint density at radius 2 is 1.62 bits per heavy atom. The number of sulfone groups is 1. The van der Waals surface area contributed by atoms with Gasteiger partial charge in [-0.3, -0.25) is 4.79 Å². The molecule has 2 N–H and O–H groups in total. The molecule has 3 aromatic rings. The van der Waals surface area contributed by atoms with Gasteiger partial charge in [0.2, 0.25) is 15.7 Å². The average molecular weight is 431 g/mol. The topological polar surface area (TPSA) is 84.5 Å². The quantitative estimate of drug-likeness (QED) is 0.585. The van der Waals surface area contributed by atoms with Crippen LogP contribution in [0.15, 0.2) is 82.6 Å². The van der Waals surface area contributed by atoms with Gasteiger partial charge in [0.1, 0.15) is 5.75 Å². The first-order valence-corrected chi connectivity index (χ1v) is 10.5. The standard InChI is InChI=1S/C21H19ClN2O4S/c1-28-17-10-12-18(13-11-17)29(26,27)20-5-3-2-4-19(20)23-14-21(25)24-16-8-6-15(22)7-9-16/h2-13,23H,14H2,1H3,(H,24,25). The largest absolute Gasteiger partial charge is 0.497 e. The molecule has 0 atom stereocenters. The molecule has 0 spiro atoms. The zero-order valence-corrected chi connectivity index (χ0v) is 17.1. The predicted octanol–water partition coefficient (Wildman–Crippen LogP) is 4.23. The van der Waals surface area contributed by atoms with Gasteiger partial charge in [-0.25, -0.2) is 8.42 Å². The smallest absolute Gasteiger partial charge is 0.243 e. The molecule has 0 aliphatic rings. The zero-order chi connectivity index (χ0) is 20.9. The van der Waals surface area contributed by atoms with Crippen molar-refractivity contribution in [3.8, 4) is 5.75 Å². The summed E-state index contributed by atoms with van der Waals surface area (Å²) in [5.74, 6) is 0.248. The van der Waals surface area contributed by atoms with Gasteiger partial charge in [-0.05, 0) is 60.7 Å². The molecular formula is C21H19ClN2O4S. The number of benzene rings is 3. The third-order valence-corrected chi connectivity index (χ3v) is 6.19. The lowest BCUT2D eigenvalue weighted by Gasteiger charge is -2.13. The van der Waals surface area contributed by atoms with E-state index in [0.29, 0.717) is 22.1 Å². The van der Waals surface area contributed by atoms with Gasteiger partial charge in [0.05, 0.1) is 29.1 Å². The fourth-order valence-corrected chi connectivity index (χ4v) is 4.20. The highest BCUT2D eigenvalue weighted by molar-refractivity contribution is 7.91. The van der Waals surface area contributed by atoms with Crippen LogP contribution in [0.1, 0.15) is 0 Å². The predicted molar refractivity (Wildman–Crippen MR) is 113 cm³/mol. The molecule has 0 unspecified atom stereocenters. The molecule has 0 saturated heterocycles. The van der Waals surface area contributed by atoms with Crippen molar-refractivity contribution in [3.05, 3.63) is 77.8 Å². The Morgan fingerprint density at radius 3 is 2.28 bits per heavy atom. The Hall–Kier alpha value is -3.03. The number of anilines is 2. The van der Waals surface area contributed by atoms with Crippen LogP contribution in [0.3, 0.4) is 0 Å². The van der Waals surface area contributed by atoms with Gasteiger partial charge in [-0.15, -0.1) is 0 Å². The molecule has 8 heteroatoms. The highest BCUT2D eigenvalue weighted by Gasteiger charge is 2.21. The molecule has 3 aromatic carbocycles. The van der Waals surface area contributed by atoms with Crippen LogP contribution >= 0.6 is 11.6 Å². The summed E-state index contributed by atoms with van der Waals surface area (Å²) in [5.41, 5.74) is 0.940. The number of amides is 1. The number of hydrogen-bond acceptors (Lipinski definition) is 5. The summed E-state index contributed by atoms with van der Waals surface area (Å²) in [6, 6.07) is 19.3. The molecule has 29 heavy (non-hydrogen) atoms. The number of hydrogen-bond donors (Lipinski definition) is 2. The van der Waals surface area contributed by atoms with Gasteiger partial charge in [-0.2, -0.15) is 0 Å². The molecule has 6 nitrogen and oxygen atoms in total. The fraction of sp³-hybridized carbons (Fsp3) is 0.0952. The summed E-state index contributed by atoms with van der Waals surface area (Å²) in [7, 11) is -2.26. The molecule has 0 aromatic heterocycles. The van der Waals surface area contributed by atoms with E-state index in [4.69, 9.17) is 16.3 Å². The molecule has 0 radical (unpaired) electrons. The van der Waals surface area contributed by atoms with Crippen molar-refractivity contribution in [1.29, 1.82) is 0 Å². The van der Waals surface area contributed by atoms with E-state index >= 15 is 0 Å². The van der Waals surface area contributed by atoms with E-state index in [9.17, 15) is 13.2 Å². The lowest BCUT2D eigenvalue weighted by atomic mass is 10.3. The second kappa shape index (κ2) is 8.98. The molecule has 3 rings (SSSR count). The number of ether oxygens (including phenoxy) is 1. The molecule has 0 heterocycles. The number of carbonyl (C=O) groups is 1. The zero-order valence-electron chi connectivity index (χ0n) is 15.6. The molecule has 0 saturated carbocycles. The fourth-order valence-electron chi connectivity index (χ4n) is 2.64. The minimum Gasteiger partial charge on any atom is -0.497 e. The second-order valence-electron chi connectivity index (χ2n) is 6.08. The minimum absolute atomic E-state index is 0.0875. The van der Waals surface area contributed by atoms with Gasteiger partial charge >= 0.3 is 0 Å². The van der Waals surface area contributed by atoms with E-state index in [1.165, 1.54) is 25.3 Å². The van der Waals surface area contributed by atoms with E-state index in [1.54, 1.807) is 54.6 Å². The molecular weight excluding hydrogens is 412 g/mol.